The highest BCUT2D eigenvalue weighted by molar-refractivity contribution is 9.11. The minimum Gasteiger partial charge on any atom is -0.456 e. The number of hydrogen-bond acceptors (Lipinski definition) is 2. The Labute approximate surface area is 106 Å². The van der Waals surface area contributed by atoms with Crippen LogP contribution < -0.4 is 0 Å². The van der Waals surface area contributed by atoms with Crippen molar-refractivity contribution in [1.29, 1.82) is 0 Å². The minimum atomic E-state index is -0.469. The molecule has 0 amide bonds. The van der Waals surface area contributed by atoms with Crippen LogP contribution in [0, 0.1) is 0 Å². The molecule has 0 saturated heterocycles. The van der Waals surface area contributed by atoms with Crippen molar-refractivity contribution < 1.29 is 9.53 Å². The monoisotopic (exact) mass is 334 g/mol. The summed E-state index contributed by atoms with van der Waals surface area (Å²) in [4.78, 5) is 11.7. The SMILES string of the molecule is CC(C)(C)OC(=O)c1ccc(Br)cc1Br. The largest absolute Gasteiger partial charge is 0.456 e. The number of rotatable bonds is 1. The summed E-state index contributed by atoms with van der Waals surface area (Å²) in [6, 6.07) is 5.35. The van der Waals surface area contributed by atoms with Crippen LogP contribution in [0.1, 0.15) is 31.1 Å². The van der Waals surface area contributed by atoms with Gasteiger partial charge in [0.1, 0.15) is 5.60 Å². The third-order valence-corrected chi connectivity index (χ3v) is 2.70. The van der Waals surface area contributed by atoms with Gasteiger partial charge in [0.2, 0.25) is 0 Å². The number of carbonyl (C=O) groups excluding carboxylic acids is 1. The molecule has 0 bridgehead atoms. The summed E-state index contributed by atoms with van der Waals surface area (Å²) < 4.78 is 6.91. The van der Waals surface area contributed by atoms with Gasteiger partial charge in [0.05, 0.1) is 5.56 Å². The van der Waals surface area contributed by atoms with Crippen LogP contribution in [0.4, 0.5) is 0 Å². The van der Waals surface area contributed by atoms with Crippen LogP contribution in [-0.2, 0) is 4.74 Å². The molecule has 1 rings (SSSR count). The molecule has 2 nitrogen and oxygen atoms in total. The van der Waals surface area contributed by atoms with E-state index >= 15 is 0 Å². The molecule has 0 fully saturated rings. The standard InChI is InChI=1S/C11H12Br2O2/c1-11(2,3)15-10(14)8-5-4-7(12)6-9(8)13/h4-6H,1-3H3. The van der Waals surface area contributed by atoms with Crippen LogP contribution in [0.2, 0.25) is 0 Å². The zero-order chi connectivity index (χ0) is 11.6. The minimum absolute atomic E-state index is 0.318. The first kappa shape index (κ1) is 12.7. The molecule has 0 heterocycles. The Morgan fingerprint density at radius 2 is 1.87 bits per heavy atom. The van der Waals surface area contributed by atoms with Gasteiger partial charge in [0, 0.05) is 8.95 Å². The fourth-order valence-electron chi connectivity index (χ4n) is 0.988. The zero-order valence-corrected chi connectivity index (χ0v) is 12.0. The van der Waals surface area contributed by atoms with Gasteiger partial charge in [-0.15, -0.1) is 0 Å². The van der Waals surface area contributed by atoms with Crippen molar-refractivity contribution >= 4 is 37.8 Å². The summed E-state index contributed by atoms with van der Waals surface area (Å²) in [6.07, 6.45) is 0. The molecular formula is C11H12Br2O2. The fourth-order valence-corrected chi connectivity index (χ4v) is 2.20. The van der Waals surface area contributed by atoms with Gasteiger partial charge in [-0.25, -0.2) is 4.79 Å². The Kier molecular flexibility index (Phi) is 3.95. The number of esters is 1. The number of benzene rings is 1. The van der Waals surface area contributed by atoms with Gasteiger partial charge in [-0.2, -0.15) is 0 Å². The quantitative estimate of drug-likeness (QED) is 0.720. The van der Waals surface area contributed by atoms with Crippen LogP contribution >= 0.6 is 31.9 Å². The molecule has 82 valence electrons. The molecule has 0 aliphatic heterocycles. The number of ether oxygens (including phenoxy) is 1. The lowest BCUT2D eigenvalue weighted by Crippen LogP contribution is -2.24. The molecule has 1 aromatic carbocycles. The summed E-state index contributed by atoms with van der Waals surface area (Å²) in [5.74, 6) is -0.318. The van der Waals surface area contributed by atoms with E-state index in [-0.39, 0.29) is 5.97 Å². The predicted octanol–water partition coefficient (Wildman–Crippen LogP) is 4.17. The molecule has 0 radical (unpaired) electrons. The maximum Gasteiger partial charge on any atom is 0.339 e. The van der Waals surface area contributed by atoms with Crippen LogP contribution in [0.25, 0.3) is 0 Å². The average molecular weight is 336 g/mol. The van der Waals surface area contributed by atoms with Gasteiger partial charge in [0.15, 0.2) is 0 Å². The average Bonchev–Trinajstić information content (AvgIpc) is 1.99. The van der Waals surface area contributed by atoms with Crippen molar-refractivity contribution in [2.75, 3.05) is 0 Å². The molecule has 0 N–H and O–H groups in total. The van der Waals surface area contributed by atoms with Crippen LogP contribution in [0.5, 0.6) is 0 Å². The Bertz CT molecular complexity index is 381. The first-order valence-corrected chi connectivity index (χ1v) is 6.06. The highest BCUT2D eigenvalue weighted by Crippen LogP contribution is 2.24. The van der Waals surface area contributed by atoms with Gasteiger partial charge >= 0.3 is 5.97 Å². The Morgan fingerprint density at radius 1 is 1.27 bits per heavy atom. The van der Waals surface area contributed by atoms with Gasteiger partial charge in [-0.1, -0.05) is 15.9 Å². The van der Waals surface area contributed by atoms with Crippen molar-refractivity contribution in [2.45, 2.75) is 26.4 Å². The molecule has 0 aliphatic rings. The van der Waals surface area contributed by atoms with Crippen molar-refractivity contribution in [2.24, 2.45) is 0 Å². The predicted molar refractivity (Wildman–Crippen MR) is 67.0 cm³/mol. The second kappa shape index (κ2) is 4.66. The zero-order valence-electron chi connectivity index (χ0n) is 8.80. The van der Waals surface area contributed by atoms with E-state index in [4.69, 9.17) is 4.74 Å². The van der Waals surface area contributed by atoms with Crippen LogP contribution in [-0.4, -0.2) is 11.6 Å². The van der Waals surface area contributed by atoms with Crippen molar-refractivity contribution in [3.05, 3.63) is 32.7 Å². The summed E-state index contributed by atoms with van der Waals surface area (Å²) in [7, 11) is 0. The molecule has 0 aliphatic carbocycles. The molecule has 0 unspecified atom stereocenters. The first-order chi connectivity index (χ1) is 6.79. The maximum atomic E-state index is 11.7. The van der Waals surface area contributed by atoms with E-state index in [0.717, 1.165) is 8.95 Å². The van der Waals surface area contributed by atoms with Crippen molar-refractivity contribution in [3.8, 4) is 0 Å². The van der Waals surface area contributed by atoms with Gasteiger partial charge in [0.25, 0.3) is 0 Å². The second-order valence-corrected chi connectivity index (χ2v) is 5.90. The Balaban J connectivity index is 2.92. The molecule has 0 atom stereocenters. The number of carbonyl (C=O) groups is 1. The summed E-state index contributed by atoms with van der Waals surface area (Å²) in [5.41, 5.74) is 0.0666. The Morgan fingerprint density at radius 3 is 2.33 bits per heavy atom. The van der Waals surface area contributed by atoms with Gasteiger partial charge in [-0.05, 0) is 54.9 Å². The molecule has 15 heavy (non-hydrogen) atoms. The molecule has 4 heteroatoms. The third kappa shape index (κ3) is 3.95. The summed E-state index contributed by atoms with van der Waals surface area (Å²) in [6.45, 7) is 5.53. The van der Waals surface area contributed by atoms with Crippen LogP contribution in [0.15, 0.2) is 27.1 Å². The van der Waals surface area contributed by atoms with E-state index in [1.807, 2.05) is 32.9 Å². The first-order valence-electron chi connectivity index (χ1n) is 4.48. The third-order valence-electron chi connectivity index (χ3n) is 1.55. The number of halogens is 2. The van der Waals surface area contributed by atoms with E-state index in [2.05, 4.69) is 31.9 Å². The molecule has 0 spiro atoms. The topological polar surface area (TPSA) is 26.3 Å². The van der Waals surface area contributed by atoms with Crippen LogP contribution in [0.3, 0.4) is 0 Å². The lowest BCUT2D eigenvalue weighted by atomic mass is 10.2. The molecule has 1 aromatic rings. The van der Waals surface area contributed by atoms with E-state index in [1.165, 1.54) is 0 Å². The molecule has 0 saturated carbocycles. The number of hydrogen-bond donors (Lipinski definition) is 0. The summed E-state index contributed by atoms with van der Waals surface area (Å²) in [5, 5.41) is 0. The van der Waals surface area contributed by atoms with E-state index < -0.39 is 5.60 Å². The van der Waals surface area contributed by atoms with E-state index in [0.29, 0.717) is 5.56 Å². The lowest BCUT2D eigenvalue weighted by molar-refractivity contribution is 0.00685. The lowest BCUT2D eigenvalue weighted by Gasteiger charge is -2.19. The van der Waals surface area contributed by atoms with E-state index in [1.54, 1.807) is 6.07 Å². The normalized spacial score (nSPS) is 11.3. The molecule has 0 aromatic heterocycles. The van der Waals surface area contributed by atoms with Crippen molar-refractivity contribution in [3.63, 3.8) is 0 Å². The Hall–Kier alpha value is -0.350. The van der Waals surface area contributed by atoms with Gasteiger partial charge < -0.3 is 4.74 Å². The highest BCUT2D eigenvalue weighted by atomic mass is 79.9. The van der Waals surface area contributed by atoms with Gasteiger partial charge in [-0.3, -0.25) is 0 Å². The molecular weight excluding hydrogens is 324 g/mol. The maximum absolute atomic E-state index is 11.7. The summed E-state index contributed by atoms with van der Waals surface area (Å²) >= 11 is 6.65. The van der Waals surface area contributed by atoms with E-state index in [9.17, 15) is 4.79 Å². The fraction of sp³-hybridized carbons (Fsp3) is 0.364. The smallest absolute Gasteiger partial charge is 0.339 e. The second-order valence-electron chi connectivity index (χ2n) is 4.13. The van der Waals surface area contributed by atoms with Crippen molar-refractivity contribution in [1.82, 2.24) is 0 Å². The highest BCUT2D eigenvalue weighted by Gasteiger charge is 2.19.